The van der Waals surface area contributed by atoms with E-state index in [0.717, 1.165) is 0 Å². The van der Waals surface area contributed by atoms with Crippen LogP contribution in [0.3, 0.4) is 0 Å². The Morgan fingerprint density at radius 1 is 1.07 bits per heavy atom. The van der Waals surface area contributed by atoms with Crippen LogP contribution in [0.2, 0.25) is 15.1 Å². The maximum absolute atomic E-state index is 13.0. The summed E-state index contributed by atoms with van der Waals surface area (Å²) in [6, 6.07) is 11.1. The van der Waals surface area contributed by atoms with Gasteiger partial charge in [0.25, 0.3) is 0 Å². The van der Waals surface area contributed by atoms with Crippen LogP contribution in [0.1, 0.15) is 12.8 Å². The number of anilines is 1. The van der Waals surface area contributed by atoms with E-state index in [9.17, 15) is 13.2 Å². The second-order valence-corrected chi connectivity index (χ2v) is 9.46. The van der Waals surface area contributed by atoms with E-state index in [-0.39, 0.29) is 27.4 Å². The molecule has 0 radical (unpaired) electrons. The number of hydrogen-bond acceptors (Lipinski definition) is 3. The average Bonchev–Trinajstić information content (AvgIpc) is 2.63. The number of sulfonamides is 1. The first-order valence-corrected chi connectivity index (χ1v) is 10.9. The molecule has 1 atom stereocenters. The Labute approximate surface area is 173 Å². The summed E-state index contributed by atoms with van der Waals surface area (Å²) < 4.78 is 27.2. The minimum absolute atomic E-state index is 0.0485. The Balaban J connectivity index is 1.77. The molecule has 1 amide bonds. The monoisotopic (exact) mass is 446 g/mol. The van der Waals surface area contributed by atoms with Crippen molar-refractivity contribution in [3.63, 3.8) is 0 Å². The third-order valence-electron chi connectivity index (χ3n) is 4.36. The van der Waals surface area contributed by atoms with E-state index < -0.39 is 15.9 Å². The minimum Gasteiger partial charge on any atom is -0.326 e. The molecule has 0 aromatic heterocycles. The van der Waals surface area contributed by atoms with E-state index >= 15 is 0 Å². The summed E-state index contributed by atoms with van der Waals surface area (Å²) in [6.07, 6.45) is 1.17. The van der Waals surface area contributed by atoms with Crippen molar-refractivity contribution >= 4 is 56.4 Å². The molecule has 9 heteroatoms. The average molecular weight is 448 g/mol. The summed E-state index contributed by atoms with van der Waals surface area (Å²) >= 11 is 17.9. The van der Waals surface area contributed by atoms with Gasteiger partial charge in [-0.05, 0) is 49.2 Å². The fourth-order valence-electron chi connectivity index (χ4n) is 3.00. The van der Waals surface area contributed by atoms with E-state index in [4.69, 9.17) is 34.8 Å². The first-order chi connectivity index (χ1) is 12.8. The molecule has 2 aromatic carbocycles. The van der Waals surface area contributed by atoms with Crippen LogP contribution in [-0.4, -0.2) is 31.7 Å². The van der Waals surface area contributed by atoms with Gasteiger partial charge in [-0.3, -0.25) is 4.79 Å². The van der Waals surface area contributed by atoms with E-state index in [0.29, 0.717) is 30.1 Å². The molecular formula is C18H17Cl3N2O3S. The lowest BCUT2D eigenvalue weighted by molar-refractivity contribution is -0.120. The van der Waals surface area contributed by atoms with Crippen molar-refractivity contribution in [2.75, 3.05) is 18.4 Å². The first kappa shape index (κ1) is 20.4. The van der Waals surface area contributed by atoms with E-state index in [1.165, 1.54) is 22.5 Å². The largest absolute Gasteiger partial charge is 0.326 e. The number of nitrogens with zero attached hydrogens (tertiary/aromatic N) is 1. The number of hydrogen-bond donors (Lipinski definition) is 1. The highest BCUT2D eigenvalue weighted by Crippen LogP contribution is 2.30. The van der Waals surface area contributed by atoms with E-state index in [1.807, 2.05) is 0 Å². The molecule has 1 fully saturated rings. The summed E-state index contributed by atoms with van der Waals surface area (Å²) in [6.45, 7) is 0.406. The number of piperidine rings is 1. The van der Waals surface area contributed by atoms with Crippen LogP contribution in [0.25, 0.3) is 0 Å². The predicted octanol–water partition coefficient (Wildman–Crippen LogP) is 4.69. The number of halogens is 3. The Kier molecular flexibility index (Phi) is 6.33. The first-order valence-electron chi connectivity index (χ1n) is 8.29. The molecule has 1 N–H and O–H groups in total. The van der Waals surface area contributed by atoms with Crippen LogP contribution >= 0.6 is 34.8 Å². The highest BCUT2D eigenvalue weighted by atomic mass is 35.5. The third kappa shape index (κ3) is 4.76. The molecule has 0 aliphatic carbocycles. The number of carbonyl (C=O) groups excluding carboxylic acids is 1. The Hall–Kier alpha value is -1.31. The van der Waals surface area contributed by atoms with Crippen LogP contribution in [-0.2, 0) is 14.8 Å². The fraction of sp³-hybridized carbons (Fsp3) is 0.278. The molecule has 2 aromatic rings. The van der Waals surface area contributed by atoms with Crippen molar-refractivity contribution < 1.29 is 13.2 Å². The highest BCUT2D eigenvalue weighted by molar-refractivity contribution is 7.89. The molecule has 1 aliphatic heterocycles. The Morgan fingerprint density at radius 2 is 1.81 bits per heavy atom. The molecule has 0 spiro atoms. The maximum Gasteiger partial charge on any atom is 0.244 e. The SMILES string of the molecule is O=C(Nc1cccc(Cl)c1)[C@@H]1CCCN(S(=O)(=O)c2cc(Cl)ccc2Cl)C1. The zero-order valence-electron chi connectivity index (χ0n) is 14.2. The van der Waals surface area contributed by atoms with Crippen LogP contribution in [0.15, 0.2) is 47.4 Å². The van der Waals surface area contributed by atoms with Gasteiger partial charge in [-0.1, -0.05) is 40.9 Å². The van der Waals surface area contributed by atoms with Gasteiger partial charge in [0.05, 0.1) is 10.9 Å². The van der Waals surface area contributed by atoms with Crippen molar-refractivity contribution in [1.82, 2.24) is 4.31 Å². The van der Waals surface area contributed by atoms with Gasteiger partial charge in [-0.15, -0.1) is 0 Å². The molecule has 0 saturated carbocycles. The lowest BCUT2D eigenvalue weighted by Crippen LogP contribution is -2.43. The summed E-state index contributed by atoms with van der Waals surface area (Å²) in [5, 5.41) is 3.69. The highest BCUT2D eigenvalue weighted by Gasteiger charge is 2.34. The van der Waals surface area contributed by atoms with Crippen molar-refractivity contribution in [3.8, 4) is 0 Å². The second kappa shape index (κ2) is 8.37. The van der Waals surface area contributed by atoms with Crippen molar-refractivity contribution in [3.05, 3.63) is 57.5 Å². The molecule has 0 unspecified atom stereocenters. The van der Waals surface area contributed by atoms with Crippen LogP contribution < -0.4 is 5.32 Å². The van der Waals surface area contributed by atoms with E-state index in [2.05, 4.69) is 5.32 Å². The lowest BCUT2D eigenvalue weighted by Gasteiger charge is -2.31. The van der Waals surface area contributed by atoms with Gasteiger partial charge >= 0.3 is 0 Å². The maximum atomic E-state index is 13.0. The van der Waals surface area contributed by atoms with Crippen molar-refractivity contribution in [2.24, 2.45) is 5.92 Å². The number of benzene rings is 2. The molecular weight excluding hydrogens is 431 g/mol. The quantitative estimate of drug-likeness (QED) is 0.739. The summed E-state index contributed by atoms with van der Waals surface area (Å²) in [5.41, 5.74) is 0.574. The molecule has 144 valence electrons. The van der Waals surface area contributed by atoms with Crippen LogP contribution in [0.5, 0.6) is 0 Å². The van der Waals surface area contributed by atoms with Gasteiger partial charge in [0, 0.05) is 28.8 Å². The van der Waals surface area contributed by atoms with Gasteiger partial charge < -0.3 is 5.32 Å². The van der Waals surface area contributed by atoms with Gasteiger partial charge in [0.15, 0.2) is 0 Å². The topological polar surface area (TPSA) is 66.5 Å². The standard InChI is InChI=1S/C18H17Cl3N2O3S/c19-13-4-1-5-15(9-13)22-18(24)12-3-2-8-23(11-12)27(25,26)17-10-14(20)6-7-16(17)21/h1,4-7,9-10,12H,2-3,8,11H2,(H,22,24)/t12-/m1/s1. The summed E-state index contributed by atoms with van der Waals surface area (Å²) in [7, 11) is -3.85. The number of carbonyl (C=O) groups is 1. The number of nitrogens with one attached hydrogen (secondary N) is 1. The molecule has 0 bridgehead atoms. The lowest BCUT2D eigenvalue weighted by atomic mass is 9.99. The number of amides is 1. The van der Waals surface area contributed by atoms with Gasteiger partial charge in [0.1, 0.15) is 4.90 Å². The van der Waals surface area contributed by atoms with Crippen LogP contribution in [0, 0.1) is 5.92 Å². The second-order valence-electron chi connectivity index (χ2n) is 6.28. The smallest absolute Gasteiger partial charge is 0.244 e. The normalized spacial score (nSPS) is 18.3. The Morgan fingerprint density at radius 3 is 2.56 bits per heavy atom. The van der Waals surface area contributed by atoms with Crippen molar-refractivity contribution in [1.29, 1.82) is 0 Å². The summed E-state index contributed by atoms with van der Waals surface area (Å²) in [4.78, 5) is 12.5. The molecule has 1 saturated heterocycles. The van der Waals surface area contributed by atoms with Crippen molar-refractivity contribution in [2.45, 2.75) is 17.7 Å². The van der Waals surface area contributed by atoms with Gasteiger partial charge in [-0.25, -0.2) is 8.42 Å². The predicted molar refractivity (Wildman–Crippen MR) is 108 cm³/mol. The molecule has 5 nitrogen and oxygen atoms in total. The molecule has 27 heavy (non-hydrogen) atoms. The zero-order chi connectivity index (χ0) is 19.6. The summed E-state index contributed by atoms with van der Waals surface area (Å²) in [5.74, 6) is -0.708. The fourth-order valence-corrected chi connectivity index (χ4v) is 5.45. The van der Waals surface area contributed by atoms with E-state index in [1.54, 1.807) is 24.3 Å². The minimum atomic E-state index is -3.85. The third-order valence-corrected chi connectivity index (χ3v) is 7.18. The van der Waals surface area contributed by atoms with Gasteiger partial charge in [-0.2, -0.15) is 4.31 Å². The van der Waals surface area contributed by atoms with Gasteiger partial charge in [0.2, 0.25) is 15.9 Å². The zero-order valence-corrected chi connectivity index (χ0v) is 17.2. The van der Waals surface area contributed by atoms with Crippen LogP contribution in [0.4, 0.5) is 5.69 Å². The molecule has 1 aliphatic rings. The Bertz CT molecular complexity index is 966. The number of rotatable bonds is 4. The molecule has 1 heterocycles. The molecule has 3 rings (SSSR count).